The molecule has 0 saturated carbocycles. The van der Waals surface area contributed by atoms with Crippen LogP contribution in [-0.2, 0) is 0 Å². The van der Waals surface area contributed by atoms with Crippen LogP contribution in [0.1, 0.15) is 0 Å². The number of benzene rings is 1. The minimum atomic E-state index is 0.930. The summed E-state index contributed by atoms with van der Waals surface area (Å²) in [6.07, 6.45) is 0. The van der Waals surface area contributed by atoms with Gasteiger partial charge in [-0.15, -0.1) is 8.46 Å². The van der Waals surface area contributed by atoms with Crippen LogP contribution in [0.25, 0.3) is 0 Å². The van der Waals surface area contributed by atoms with Crippen molar-refractivity contribution in [2.75, 3.05) is 0 Å². The van der Waals surface area contributed by atoms with E-state index in [2.05, 4.69) is 31.8 Å². The smallest absolute Gasteiger partial charge is 0.133 e. The highest BCUT2D eigenvalue weighted by molar-refractivity contribution is 7.73. The first kappa shape index (κ1) is 5.84. The second kappa shape index (κ2) is 2.89. The van der Waals surface area contributed by atoms with Crippen molar-refractivity contribution in [3.05, 3.63) is 30.3 Å². The van der Waals surface area contributed by atoms with Gasteiger partial charge < -0.3 is 0 Å². The van der Waals surface area contributed by atoms with E-state index in [1.165, 1.54) is 5.30 Å². The van der Waals surface area contributed by atoms with Crippen molar-refractivity contribution < 1.29 is 0 Å². The molecule has 1 aromatic carbocycles. The fraction of sp³-hybridized carbons (Fsp3) is 0. The Balaban J connectivity index is 2.83. The van der Waals surface area contributed by atoms with E-state index in [9.17, 15) is 0 Å². The van der Waals surface area contributed by atoms with Gasteiger partial charge in [-0.1, -0.05) is 30.3 Å². The first-order valence-electron chi connectivity index (χ1n) is 2.66. The largest absolute Gasteiger partial charge is 0.136 e. The van der Waals surface area contributed by atoms with E-state index < -0.39 is 0 Å². The summed E-state index contributed by atoms with van der Waals surface area (Å²) in [5, 5.41) is 1.44. The van der Waals surface area contributed by atoms with Crippen molar-refractivity contribution in [2.45, 2.75) is 0 Å². The molecule has 0 aromatic heterocycles. The molecule has 40 valence electrons. The second-order valence-corrected chi connectivity index (χ2v) is 2.69. The van der Waals surface area contributed by atoms with Crippen molar-refractivity contribution >= 4 is 21.3 Å². The van der Waals surface area contributed by atoms with Crippen LogP contribution in [0.5, 0.6) is 0 Å². The summed E-state index contributed by atoms with van der Waals surface area (Å²) in [6, 6.07) is 10.5. The Bertz CT molecular complexity index is 150. The SMILES string of the molecule is BPc1ccccc1. The Hall–Kier alpha value is -0.285. The Labute approximate surface area is 52.5 Å². The van der Waals surface area contributed by atoms with Crippen LogP contribution < -0.4 is 5.30 Å². The predicted octanol–water partition coefficient (Wildman–Crippen LogP) is 0.538. The molecule has 0 spiro atoms. The molecule has 0 radical (unpaired) electrons. The minimum Gasteiger partial charge on any atom is -0.133 e. The Morgan fingerprint density at radius 1 is 1.12 bits per heavy atom. The highest BCUT2D eigenvalue weighted by Crippen LogP contribution is 1.99. The Kier molecular flexibility index (Phi) is 2.11. The Morgan fingerprint density at radius 2 is 1.75 bits per heavy atom. The van der Waals surface area contributed by atoms with Crippen LogP contribution in [0.4, 0.5) is 0 Å². The van der Waals surface area contributed by atoms with E-state index in [4.69, 9.17) is 0 Å². The monoisotopic (exact) mass is 122 g/mol. The van der Waals surface area contributed by atoms with Gasteiger partial charge in [0.25, 0.3) is 0 Å². The lowest BCUT2D eigenvalue weighted by Gasteiger charge is -1.90. The molecule has 0 aliphatic heterocycles. The van der Waals surface area contributed by atoms with Gasteiger partial charge in [0.05, 0.1) is 0 Å². The number of hydrogen-bond acceptors (Lipinski definition) is 0. The van der Waals surface area contributed by atoms with Gasteiger partial charge in [0.2, 0.25) is 0 Å². The zero-order valence-electron chi connectivity index (χ0n) is 4.89. The number of rotatable bonds is 1. The molecule has 0 saturated heterocycles. The quantitative estimate of drug-likeness (QED) is 0.376. The number of hydrogen-bond donors (Lipinski definition) is 0. The van der Waals surface area contributed by atoms with Gasteiger partial charge in [-0.05, 0) is 5.30 Å². The van der Waals surface area contributed by atoms with Crippen molar-refractivity contribution in [1.29, 1.82) is 0 Å². The van der Waals surface area contributed by atoms with Crippen LogP contribution >= 0.6 is 8.46 Å². The van der Waals surface area contributed by atoms with Crippen LogP contribution in [0.2, 0.25) is 0 Å². The molecule has 2 heteroatoms. The van der Waals surface area contributed by atoms with E-state index in [0.29, 0.717) is 0 Å². The van der Waals surface area contributed by atoms with Crippen LogP contribution in [0.15, 0.2) is 30.3 Å². The molecule has 0 aliphatic rings. The van der Waals surface area contributed by atoms with Gasteiger partial charge in [0.1, 0.15) is 7.57 Å². The molecule has 1 aromatic rings. The summed E-state index contributed by atoms with van der Waals surface area (Å²) < 4.78 is 0. The first-order valence-corrected chi connectivity index (χ1v) is 4.16. The molecule has 0 aliphatic carbocycles. The van der Waals surface area contributed by atoms with Crippen LogP contribution in [0.3, 0.4) is 0 Å². The van der Waals surface area contributed by atoms with Crippen LogP contribution in [0, 0.1) is 0 Å². The molecule has 8 heavy (non-hydrogen) atoms. The third kappa shape index (κ3) is 1.35. The lowest BCUT2D eigenvalue weighted by Crippen LogP contribution is -1.88. The van der Waals surface area contributed by atoms with E-state index in [0.717, 1.165) is 8.46 Å². The van der Waals surface area contributed by atoms with E-state index in [1.807, 2.05) is 6.07 Å². The first-order chi connectivity index (χ1) is 3.93. The molecular weight excluding hydrogens is 114 g/mol. The minimum absolute atomic E-state index is 0.930. The lowest BCUT2D eigenvalue weighted by atomic mass is 10.4. The van der Waals surface area contributed by atoms with Crippen molar-refractivity contribution in [3.8, 4) is 0 Å². The molecule has 0 heterocycles. The summed E-state index contributed by atoms with van der Waals surface area (Å²) in [7, 11) is 3.12. The standard InChI is InChI=1S/C6H8BP/c7-8-6-4-2-1-3-5-6/h1-5,8H,7H2. The molecule has 0 nitrogen and oxygen atoms in total. The van der Waals surface area contributed by atoms with Crippen molar-refractivity contribution in [3.63, 3.8) is 0 Å². The topological polar surface area (TPSA) is 0 Å². The van der Waals surface area contributed by atoms with Gasteiger partial charge in [-0.2, -0.15) is 0 Å². The average molecular weight is 122 g/mol. The zero-order chi connectivity index (χ0) is 5.82. The third-order valence-corrected chi connectivity index (χ3v) is 1.97. The molecule has 1 rings (SSSR count). The van der Waals surface area contributed by atoms with Gasteiger partial charge >= 0.3 is 0 Å². The zero-order valence-corrected chi connectivity index (χ0v) is 5.89. The molecule has 0 amide bonds. The molecule has 0 fully saturated rings. The molecule has 0 N–H and O–H groups in total. The van der Waals surface area contributed by atoms with E-state index in [1.54, 1.807) is 0 Å². The van der Waals surface area contributed by atoms with Gasteiger partial charge in [-0.25, -0.2) is 0 Å². The summed E-state index contributed by atoms with van der Waals surface area (Å²) in [4.78, 5) is 0. The maximum absolute atomic E-state index is 2.19. The van der Waals surface area contributed by atoms with E-state index in [-0.39, 0.29) is 0 Å². The maximum Gasteiger partial charge on any atom is 0.136 e. The predicted molar refractivity (Wildman–Crippen MR) is 42.9 cm³/mol. The summed E-state index contributed by atoms with van der Waals surface area (Å²) in [5.41, 5.74) is 0. The average Bonchev–Trinajstić information content (AvgIpc) is 1.90. The van der Waals surface area contributed by atoms with Crippen molar-refractivity contribution in [2.24, 2.45) is 0 Å². The van der Waals surface area contributed by atoms with Gasteiger partial charge in [-0.3, -0.25) is 0 Å². The van der Waals surface area contributed by atoms with E-state index >= 15 is 0 Å². The van der Waals surface area contributed by atoms with Crippen LogP contribution in [-0.4, -0.2) is 7.57 Å². The maximum atomic E-state index is 2.19. The molecule has 0 bridgehead atoms. The fourth-order valence-corrected chi connectivity index (χ4v) is 1.13. The normalized spacial score (nSPS) is 10.5. The second-order valence-electron chi connectivity index (χ2n) is 1.62. The van der Waals surface area contributed by atoms with Gasteiger partial charge in [0, 0.05) is 0 Å². The van der Waals surface area contributed by atoms with Gasteiger partial charge in [0.15, 0.2) is 0 Å². The Morgan fingerprint density at radius 3 is 2.12 bits per heavy atom. The highest BCUT2D eigenvalue weighted by atomic mass is 31.1. The molecular formula is C6H8BP. The summed E-state index contributed by atoms with van der Waals surface area (Å²) >= 11 is 0. The summed E-state index contributed by atoms with van der Waals surface area (Å²) in [6.45, 7) is 0. The third-order valence-electron chi connectivity index (χ3n) is 1.06. The highest BCUT2D eigenvalue weighted by Gasteiger charge is 1.79. The molecule has 1 atom stereocenters. The van der Waals surface area contributed by atoms with Crippen molar-refractivity contribution in [1.82, 2.24) is 0 Å². The lowest BCUT2D eigenvalue weighted by molar-refractivity contribution is 1.78. The molecule has 1 unspecified atom stereocenters. The summed E-state index contributed by atoms with van der Waals surface area (Å²) in [5.74, 6) is 0. The fourth-order valence-electron chi connectivity index (χ4n) is 0.605.